The molecule has 1 saturated carbocycles. The number of aliphatic hydroxyl groups is 1. The Kier molecular flexibility index (Phi) is 4.51. The van der Waals surface area contributed by atoms with Crippen molar-refractivity contribution in [2.75, 3.05) is 20.1 Å². The highest BCUT2D eigenvalue weighted by atomic mass is 16.3. The van der Waals surface area contributed by atoms with Crippen LogP contribution in [0.4, 0.5) is 0 Å². The molecule has 0 spiro atoms. The molecule has 1 fully saturated rings. The maximum atomic E-state index is 11.8. The average Bonchev–Trinajstić information content (AvgIpc) is 2.08. The van der Waals surface area contributed by atoms with Crippen LogP contribution in [0.25, 0.3) is 0 Å². The van der Waals surface area contributed by atoms with Gasteiger partial charge in [0.2, 0.25) is 0 Å². The van der Waals surface area contributed by atoms with E-state index in [9.17, 15) is 9.90 Å². The number of Topliss-reactive ketones (excluding diaryl/α,β-unsaturated/α-hetero) is 1. The first-order valence-electron chi connectivity index (χ1n) is 6.21. The van der Waals surface area contributed by atoms with Crippen LogP contribution in [0, 0.1) is 11.8 Å². The second kappa shape index (κ2) is 5.28. The van der Waals surface area contributed by atoms with Crippen molar-refractivity contribution in [2.24, 2.45) is 11.8 Å². The van der Waals surface area contributed by atoms with Crippen LogP contribution < -0.4 is 0 Å². The van der Waals surface area contributed by atoms with Gasteiger partial charge in [-0.05, 0) is 39.7 Å². The predicted octanol–water partition coefficient (Wildman–Crippen LogP) is 1.69. The number of carbonyl (C=O) groups excluding carboxylic acids is 1. The number of likely N-dealkylation sites (N-methyl/N-ethyl adjacent to an activating group) is 1. The van der Waals surface area contributed by atoms with Gasteiger partial charge < -0.3 is 10.0 Å². The molecule has 1 aliphatic carbocycles. The fourth-order valence-corrected chi connectivity index (χ4v) is 2.61. The molecule has 3 heteroatoms. The predicted molar refractivity (Wildman–Crippen MR) is 65.3 cm³/mol. The second-order valence-corrected chi connectivity index (χ2v) is 6.05. The molecule has 0 amide bonds. The standard InChI is InChI=1S/C13H25NO2/c1-10-5-6-12(15)11(7-10)8-14(4)9-13(2,3)16/h10-11,16H,5-9H2,1-4H3. The zero-order chi connectivity index (χ0) is 12.3. The molecule has 3 nitrogen and oxygen atoms in total. The minimum absolute atomic E-state index is 0.177. The van der Waals surface area contributed by atoms with E-state index < -0.39 is 5.60 Å². The van der Waals surface area contributed by atoms with Crippen LogP contribution >= 0.6 is 0 Å². The molecular formula is C13H25NO2. The third-order valence-corrected chi connectivity index (χ3v) is 3.21. The van der Waals surface area contributed by atoms with Crippen LogP contribution in [0.3, 0.4) is 0 Å². The molecule has 0 aromatic carbocycles. The molecule has 0 radical (unpaired) electrons. The second-order valence-electron chi connectivity index (χ2n) is 6.05. The van der Waals surface area contributed by atoms with Gasteiger partial charge in [0.05, 0.1) is 5.60 Å². The molecule has 2 atom stereocenters. The van der Waals surface area contributed by atoms with Crippen LogP contribution in [0.15, 0.2) is 0 Å². The van der Waals surface area contributed by atoms with E-state index in [1.807, 2.05) is 7.05 Å². The van der Waals surface area contributed by atoms with E-state index in [0.717, 1.165) is 25.8 Å². The topological polar surface area (TPSA) is 40.5 Å². The van der Waals surface area contributed by atoms with Gasteiger partial charge >= 0.3 is 0 Å². The largest absolute Gasteiger partial charge is 0.389 e. The number of carbonyl (C=O) groups is 1. The Labute approximate surface area is 98.8 Å². The summed E-state index contributed by atoms with van der Waals surface area (Å²) >= 11 is 0. The highest BCUT2D eigenvalue weighted by Crippen LogP contribution is 2.26. The van der Waals surface area contributed by atoms with Gasteiger partial charge in [0.15, 0.2) is 0 Å². The lowest BCUT2D eigenvalue weighted by molar-refractivity contribution is -0.126. The van der Waals surface area contributed by atoms with Gasteiger partial charge in [-0.3, -0.25) is 4.79 Å². The van der Waals surface area contributed by atoms with E-state index in [-0.39, 0.29) is 5.92 Å². The zero-order valence-electron chi connectivity index (χ0n) is 11.0. The summed E-state index contributed by atoms with van der Waals surface area (Å²) in [6.07, 6.45) is 2.79. The normalized spacial score (nSPS) is 27.5. The Morgan fingerprint density at radius 1 is 1.50 bits per heavy atom. The first kappa shape index (κ1) is 13.7. The molecule has 0 aliphatic heterocycles. The van der Waals surface area contributed by atoms with E-state index in [1.165, 1.54) is 0 Å². The fraction of sp³-hybridized carbons (Fsp3) is 0.923. The van der Waals surface area contributed by atoms with Gasteiger partial charge in [-0.15, -0.1) is 0 Å². The monoisotopic (exact) mass is 227 g/mol. The van der Waals surface area contributed by atoms with E-state index in [2.05, 4.69) is 11.8 Å². The van der Waals surface area contributed by atoms with E-state index in [4.69, 9.17) is 0 Å². The smallest absolute Gasteiger partial charge is 0.137 e. The van der Waals surface area contributed by atoms with E-state index in [0.29, 0.717) is 18.2 Å². The molecule has 1 aliphatic rings. The minimum Gasteiger partial charge on any atom is -0.389 e. The number of hydrogen-bond acceptors (Lipinski definition) is 3. The maximum absolute atomic E-state index is 11.8. The average molecular weight is 227 g/mol. The molecule has 0 aromatic heterocycles. The highest BCUT2D eigenvalue weighted by Gasteiger charge is 2.28. The summed E-state index contributed by atoms with van der Waals surface area (Å²) in [5.74, 6) is 1.25. The third-order valence-electron chi connectivity index (χ3n) is 3.21. The molecule has 16 heavy (non-hydrogen) atoms. The summed E-state index contributed by atoms with van der Waals surface area (Å²) < 4.78 is 0. The molecule has 0 bridgehead atoms. The van der Waals surface area contributed by atoms with Gasteiger partial charge in [-0.25, -0.2) is 0 Å². The number of nitrogens with zero attached hydrogens (tertiary/aromatic N) is 1. The highest BCUT2D eigenvalue weighted by molar-refractivity contribution is 5.81. The van der Waals surface area contributed by atoms with Gasteiger partial charge in [-0.2, -0.15) is 0 Å². The Balaban J connectivity index is 2.43. The summed E-state index contributed by atoms with van der Waals surface area (Å²) in [5, 5.41) is 9.71. The van der Waals surface area contributed by atoms with Crippen molar-refractivity contribution in [1.82, 2.24) is 4.90 Å². The Morgan fingerprint density at radius 2 is 2.12 bits per heavy atom. The summed E-state index contributed by atoms with van der Waals surface area (Å²) in [7, 11) is 1.98. The van der Waals surface area contributed by atoms with Crippen molar-refractivity contribution in [3.05, 3.63) is 0 Å². The van der Waals surface area contributed by atoms with Crippen molar-refractivity contribution in [3.63, 3.8) is 0 Å². The van der Waals surface area contributed by atoms with Crippen LogP contribution in [0.1, 0.15) is 40.0 Å². The van der Waals surface area contributed by atoms with Crippen LogP contribution in [-0.4, -0.2) is 41.5 Å². The summed E-state index contributed by atoms with van der Waals surface area (Å²) in [4.78, 5) is 13.8. The summed E-state index contributed by atoms with van der Waals surface area (Å²) in [6, 6.07) is 0. The zero-order valence-corrected chi connectivity index (χ0v) is 11.0. The molecule has 2 unspecified atom stereocenters. The van der Waals surface area contributed by atoms with Crippen molar-refractivity contribution < 1.29 is 9.90 Å². The lowest BCUT2D eigenvalue weighted by Gasteiger charge is -2.31. The van der Waals surface area contributed by atoms with Crippen molar-refractivity contribution in [3.8, 4) is 0 Å². The Bertz CT molecular complexity index is 245. The molecule has 0 aromatic rings. The SMILES string of the molecule is CC1CCC(=O)C(CN(C)CC(C)(C)O)C1. The molecule has 1 rings (SSSR count). The minimum atomic E-state index is -0.682. The number of hydrogen-bond donors (Lipinski definition) is 1. The first-order chi connectivity index (χ1) is 7.28. The number of rotatable bonds is 4. The van der Waals surface area contributed by atoms with Crippen molar-refractivity contribution in [2.45, 2.75) is 45.6 Å². The number of ketones is 1. The molecule has 0 heterocycles. The molecule has 94 valence electrons. The third kappa shape index (κ3) is 4.62. The van der Waals surface area contributed by atoms with Gasteiger partial charge in [0, 0.05) is 25.4 Å². The van der Waals surface area contributed by atoms with Crippen LogP contribution in [-0.2, 0) is 4.79 Å². The lowest BCUT2D eigenvalue weighted by Crippen LogP contribution is -2.41. The van der Waals surface area contributed by atoms with Gasteiger partial charge in [-0.1, -0.05) is 6.92 Å². The van der Waals surface area contributed by atoms with Gasteiger partial charge in [0.25, 0.3) is 0 Å². The van der Waals surface area contributed by atoms with E-state index in [1.54, 1.807) is 13.8 Å². The Hall–Kier alpha value is -0.410. The quantitative estimate of drug-likeness (QED) is 0.794. The van der Waals surface area contributed by atoms with Crippen LogP contribution in [0.2, 0.25) is 0 Å². The Morgan fingerprint density at radius 3 is 2.69 bits per heavy atom. The first-order valence-corrected chi connectivity index (χ1v) is 6.21. The van der Waals surface area contributed by atoms with Crippen LogP contribution in [0.5, 0.6) is 0 Å². The fourth-order valence-electron chi connectivity index (χ4n) is 2.61. The maximum Gasteiger partial charge on any atom is 0.137 e. The van der Waals surface area contributed by atoms with Crippen molar-refractivity contribution in [1.29, 1.82) is 0 Å². The van der Waals surface area contributed by atoms with Crippen molar-refractivity contribution >= 4 is 5.78 Å². The molecule has 1 N–H and O–H groups in total. The molecule has 0 saturated heterocycles. The molecular weight excluding hydrogens is 202 g/mol. The summed E-state index contributed by atoms with van der Waals surface area (Å²) in [6.45, 7) is 7.22. The van der Waals surface area contributed by atoms with Gasteiger partial charge in [0.1, 0.15) is 5.78 Å². The van der Waals surface area contributed by atoms with E-state index >= 15 is 0 Å². The lowest BCUT2D eigenvalue weighted by atomic mass is 9.81. The summed E-state index contributed by atoms with van der Waals surface area (Å²) in [5.41, 5.74) is -0.682.